The Balaban J connectivity index is 2.23. The van der Waals surface area contributed by atoms with Gasteiger partial charge in [-0.3, -0.25) is 4.99 Å². The van der Waals surface area contributed by atoms with Crippen LogP contribution in [0.15, 0.2) is 35.3 Å². The molecule has 0 fully saturated rings. The molecule has 1 aromatic rings. The van der Waals surface area contributed by atoms with Gasteiger partial charge in [-0.05, 0) is 32.3 Å². The molecule has 0 amide bonds. The maximum absolute atomic E-state index is 9.09. The Morgan fingerprint density at radius 2 is 2.00 bits per heavy atom. The lowest BCUT2D eigenvalue weighted by Crippen LogP contribution is -2.23. The quantitative estimate of drug-likeness (QED) is 0.741. The van der Waals surface area contributed by atoms with E-state index in [2.05, 4.69) is 18.2 Å². The SMILES string of the molecule is CC(C)(C#N)C1CCC(c2ccccc2)=N1. The van der Waals surface area contributed by atoms with Gasteiger partial charge in [-0.2, -0.15) is 5.26 Å². The average molecular weight is 212 g/mol. The average Bonchev–Trinajstić information content (AvgIpc) is 2.80. The lowest BCUT2D eigenvalue weighted by Gasteiger charge is -2.20. The van der Waals surface area contributed by atoms with E-state index >= 15 is 0 Å². The summed E-state index contributed by atoms with van der Waals surface area (Å²) in [5.41, 5.74) is 1.99. The smallest absolute Gasteiger partial charge is 0.0741 e. The van der Waals surface area contributed by atoms with Crippen LogP contribution in [0.4, 0.5) is 0 Å². The molecule has 1 unspecified atom stereocenters. The van der Waals surface area contributed by atoms with Gasteiger partial charge < -0.3 is 0 Å². The highest BCUT2D eigenvalue weighted by Crippen LogP contribution is 2.31. The van der Waals surface area contributed by atoms with Crippen molar-refractivity contribution in [2.45, 2.75) is 32.7 Å². The lowest BCUT2D eigenvalue weighted by atomic mass is 9.85. The summed E-state index contributed by atoms with van der Waals surface area (Å²) in [5.74, 6) is 0. The van der Waals surface area contributed by atoms with E-state index in [1.54, 1.807) is 0 Å². The van der Waals surface area contributed by atoms with Gasteiger partial charge in [-0.25, -0.2) is 0 Å². The summed E-state index contributed by atoms with van der Waals surface area (Å²) in [7, 11) is 0. The van der Waals surface area contributed by atoms with E-state index < -0.39 is 0 Å². The summed E-state index contributed by atoms with van der Waals surface area (Å²) in [6.45, 7) is 3.93. The van der Waals surface area contributed by atoms with Gasteiger partial charge in [0.25, 0.3) is 0 Å². The molecule has 0 spiro atoms. The van der Waals surface area contributed by atoms with E-state index in [0.29, 0.717) is 0 Å². The Kier molecular flexibility index (Phi) is 2.78. The van der Waals surface area contributed by atoms with Crippen LogP contribution in [0.5, 0.6) is 0 Å². The summed E-state index contributed by atoms with van der Waals surface area (Å²) < 4.78 is 0. The van der Waals surface area contributed by atoms with E-state index in [-0.39, 0.29) is 11.5 Å². The second-order valence-electron chi connectivity index (χ2n) is 4.83. The molecular formula is C14H16N2. The van der Waals surface area contributed by atoms with Crippen molar-refractivity contribution >= 4 is 5.71 Å². The third kappa shape index (κ3) is 1.99. The number of aliphatic imine (C=N–C) groups is 1. The molecule has 1 heterocycles. The third-order valence-electron chi connectivity index (χ3n) is 3.19. The van der Waals surface area contributed by atoms with Crippen molar-refractivity contribution in [3.05, 3.63) is 35.9 Å². The highest BCUT2D eigenvalue weighted by atomic mass is 14.9. The summed E-state index contributed by atoms with van der Waals surface area (Å²) >= 11 is 0. The standard InChI is InChI=1S/C14H16N2/c1-14(2,10-15)13-9-8-12(16-13)11-6-4-3-5-7-11/h3-7,13H,8-9H2,1-2H3. The van der Waals surface area contributed by atoms with Crippen LogP contribution in [-0.4, -0.2) is 11.8 Å². The Hall–Kier alpha value is -1.62. The summed E-state index contributed by atoms with van der Waals surface area (Å²) in [6.07, 6.45) is 1.98. The van der Waals surface area contributed by atoms with Gasteiger partial charge in [-0.15, -0.1) is 0 Å². The molecule has 1 aliphatic rings. The first kappa shape index (κ1) is 10.9. The Morgan fingerprint density at radius 3 is 2.62 bits per heavy atom. The van der Waals surface area contributed by atoms with Gasteiger partial charge in [0.1, 0.15) is 0 Å². The van der Waals surface area contributed by atoms with E-state index in [9.17, 15) is 0 Å². The maximum atomic E-state index is 9.09. The maximum Gasteiger partial charge on any atom is 0.0741 e. The number of hydrogen-bond donors (Lipinski definition) is 0. The molecule has 0 N–H and O–H groups in total. The third-order valence-corrected chi connectivity index (χ3v) is 3.19. The minimum Gasteiger partial charge on any atom is -0.284 e. The van der Waals surface area contributed by atoms with Gasteiger partial charge in [0.15, 0.2) is 0 Å². The summed E-state index contributed by atoms with van der Waals surface area (Å²) in [6, 6.07) is 12.7. The Labute approximate surface area is 96.6 Å². The zero-order valence-corrected chi connectivity index (χ0v) is 9.77. The monoisotopic (exact) mass is 212 g/mol. The second kappa shape index (κ2) is 4.09. The highest BCUT2D eigenvalue weighted by molar-refractivity contribution is 6.01. The van der Waals surface area contributed by atoms with Crippen LogP contribution in [0.3, 0.4) is 0 Å². The van der Waals surface area contributed by atoms with Crippen LogP contribution in [-0.2, 0) is 0 Å². The molecule has 16 heavy (non-hydrogen) atoms. The fraction of sp³-hybridized carbons (Fsp3) is 0.429. The number of nitrogens with zero attached hydrogens (tertiary/aromatic N) is 2. The van der Waals surface area contributed by atoms with Crippen molar-refractivity contribution in [1.82, 2.24) is 0 Å². The van der Waals surface area contributed by atoms with Crippen molar-refractivity contribution in [2.75, 3.05) is 0 Å². The Morgan fingerprint density at radius 1 is 1.31 bits per heavy atom. The Bertz CT molecular complexity index is 438. The largest absolute Gasteiger partial charge is 0.284 e. The molecule has 1 aliphatic heterocycles. The van der Waals surface area contributed by atoms with Crippen molar-refractivity contribution in [1.29, 1.82) is 5.26 Å². The van der Waals surface area contributed by atoms with Crippen LogP contribution < -0.4 is 0 Å². The first-order valence-corrected chi connectivity index (χ1v) is 5.67. The van der Waals surface area contributed by atoms with Crippen LogP contribution in [0, 0.1) is 16.7 Å². The topological polar surface area (TPSA) is 36.1 Å². The van der Waals surface area contributed by atoms with Crippen molar-refractivity contribution in [3.63, 3.8) is 0 Å². The molecule has 2 heteroatoms. The predicted molar refractivity (Wildman–Crippen MR) is 65.4 cm³/mol. The van der Waals surface area contributed by atoms with E-state index in [4.69, 9.17) is 10.3 Å². The van der Waals surface area contributed by atoms with Crippen LogP contribution in [0.1, 0.15) is 32.3 Å². The molecule has 0 aliphatic carbocycles. The minimum atomic E-state index is -0.351. The number of benzene rings is 1. The normalized spacial score (nSPS) is 20.3. The van der Waals surface area contributed by atoms with Crippen molar-refractivity contribution in [3.8, 4) is 6.07 Å². The number of nitriles is 1. The van der Waals surface area contributed by atoms with Gasteiger partial charge >= 0.3 is 0 Å². The van der Waals surface area contributed by atoms with Crippen molar-refractivity contribution < 1.29 is 0 Å². The molecule has 0 saturated heterocycles. The van der Waals surface area contributed by atoms with Crippen LogP contribution in [0.25, 0.3) is 0 Å². The van der Waals surface area contributed by atoms with Gasteiger partial charge in [0.05, 0.1) is 17.5 Å². The molecule has 0 aromatic heterocycles. The zero-order chi connectivity index (χ0) is 11.6. The molecule has 0 bridgehead atoms. The zero-order valence-electron chi connectivity index (χ0n) is 9.77. The van der Waals surface area contributed by atoms with E-state index in [1.807, 2.05) is 32.0 Å². The fourth-order valence-electron chi connectivity index (χ4n) is 2.04. The first-order valence-electron chi connectivity index (χ1n) is 5.67. The van der Waals surface area contributed by atoms with E-state index in [1.165, 1.54) is 5.56 Å². The second-order valence-corrected chi connectivity index (χ2v) is 4.83. The van der Waals surface area contributed by atoms with Crippen LogP contribution in [0.2, 0.25) is 0 Å². The lowest BCUT2D eigenvalue weighted by molar-refractivity contribution is 0.384. The molecule has 0 saturated carbocycles. The first-order chi connectivity index (χ1) is 7.63. The fourth-order valence-corrected chi connectivity index (χ4v) is 2.04. The molecule has 0 radical (unpaired) electrons. The van der Waals surface area contributed by atoms with Gasteiger partial charge in [-0.1, -0.05) is 30.3 Å². The minimum absolute atomic E-state index is 0.146. The van der Waals surface area contributed by atoms with E-state index in [0.717, 1.165) is 18.6 Å². The van der Waals surface area contributed by atoms with Crippen molar-refractivity contribution in [2.24, 2.45) is 10.4 Å². The molecule has 82 valence electrons. The van der Waals surface area contributed by atoms with Gasteiger partial charge in [0, 0.05) is 5.71 Å². The van der Waals surface area contributed by atoms with Crippen LogP contribution >= 0.6 is 0 Å². The van der Waals surface area contributed by atoms with Gasteiger partial charge in [0.2, 0.25) is 0 Å². The molecule has 2 rings (SSSR count). The number of rotatable bonds is 2. The number of hydrogen-bond acceptors (Lipinski definition) is 2. The summed E-state index contributed by atoms with van der Waals surface area (Å²) in [5, 5.41) is 9.09. The highest BCUT2D eigenvalue weighted by Gasteiger charge is 2.32. The summed E-state index contributed by atoms with van der Waals surface area (Å²) in [4.78, 5) is 4.69. The molecule has 2 nitrogen and oxygen atoms in total. The molecular weight excluding hydrogens is 196 g/mol. The molecule has 1 atom stereocenters. The predicted octanol–water partition coefficient (Wildman–Crippen LogP) is 3.19. The molecule has 1 aromatic carbocycles.